The van der Waals surface area contributed by atoms with E-state index in [9.17, 15) is 4.79 Å². The number of methoxy groups -OCH3 is 1. The molecule has 2 aliphatic rings. The molecule has 0 aliphatic heterocycles. The average molecular weight is 287 g/mol. The molecule has 3 heteroatoms. The highest BCUT2D eigenvalue weighted by atomic mass is 16.5. The van der Waals surface area contributed by atoms with Gasteiger partial charge in [0, 0.05) is 19.1 Å². The fraction of sp³-hybridized carbons (Fsp3) is 0.611. The lowest BCUT2D eigenvalue weighted by atomic mass is 9.79. The molecule has 0 heterocycles. The number of hydrogen-bond donors (Lipinski definition) is 1. The fourth-order valence-electron chi connectivity index (χ4n) is 3.59. The van der Waals surface area contributed by atoms with Crippen LogP contribution in [0.3, 0.4) is 0 Å². The summed E-state index contributed by atoms with van der Waals surface area (Å²) < 4.78 is 5.23. The van der Waals surface area contributed by atoms with Crippen LogP contribution in [0.1, 0.15) is 50.0 Å². The largest absolute Gasteiger partial charge is 0.384 e. The first-order chi connectivity index (χ1) is 10.2. The van der Waals surface area contributed by atoms with Gasteiger partial charge in [0.1, 0.15) is 0 Å². The second-order valence-corrected chi connectivity index (χ2v) is 6.59. The molecule has 0 radical (unpaired) electrons. The Bertz CT molecular complexity index is 481. The van der Waals surface area contributed by atoms with Crippen LogP contribution in [0.15, 0.2) is 30.3 Å². The van der Waals surface area contributed by atoms with Crippen LogP contribution >= 0.6 is 0 Å². The molecule has 2 atom stereocenters. The SMILES string of the molecule is COCC1(C(=O)N[C@@H]2CCCC[C@H]2c2ccccc2)CC1. The maximum Gasteiger partial charge on any atom is 0.228 e. The number of hydrogen-bond acceptors (Lipinski definition) is 2. The highest BCUT2D eigenvalue weighted by molar-refractivity contribution is 5.85. The van der Waals surface area contributed by atoms with Gasteiger partial charge in [0.15, 0.2) is 0 Å². The number of nitrogens with one attached hydrogen (secondary N) is 1. The van der Waals surface area contributed by atoms with E-state index in [4.69, 9.17) is 4.74 Å². The molecule has 3 nitrogen and oxygen atoms in total. The van der Waals surface area contributed by atoms with E-state index in [-0.39, 0.29) is 17.4 Å². The van der Waals surface area contributed by atoms with E-state index in [2.05, 4.69) is 35.6 Å². The van der Waals surface area contributed by atoms with Crippen molar-refractivity contribution in [1.29, 1.82) is 0 Å². The summed E-state index contributed by atoms with van der Waals surface area (Å²) in [5, 5.41) is 3.34. The Balaban J connectivity index is 1.69. The molecule has 0 unspecified atom stereocenters. The molecule has 2 saturated carbocycles. The van der Waals surface area contributed by atoms with Gasteiger partial charge in [-0.25, -0.2) is 0 Å². The number of carbonyl (C=O) groups is 1. The summed E-state index contributed by atoms with van der Waals surface area (Å²) in [6, 6.07) is 10.9. The fourth-order valence-corrected chi connectivity index (χ4v) is 3.59. The lowest BCUT2D eigenvalue weighted by Gasteiger charge is -2.33. The van der Waals surface area contributed by atoms with Crippen LogP contribution < -0.4 is 5.32 Å². The molecule has 0 spiro atoms. The zero-order chi connectivity index (χ0) is 14.7. The van der Waals surface area contributed by atoms with Crippen LogP contribution in [0, 0.1) is 5.41 Å². The third-order valence-electron chi connectivity index (χ3n) is 5.07. The van der Waals surface area contributed by atoms with E-state index in [1.807, 2.05) is 0 Å². The van der Waals surface area contributed by atoms with Crippen molar-refractivity contribution in [2.75, 3.05) is 13.7 Å². The molecule has 2 aliphatic carbocycles. The van der Waals surface area contributed by atoms with Gasteiger partial charge in [-0.1, -0.05) is 43.2 Å². The Morgan fingerprint density at radius 2 is 1.95 bits per heavy atom. The van der Waals surface area contributed by atoms with Gasteiger partial charge in [-0.2, -0.15) is 0 Å². The van der Waals surface area contributed by atoms with Crippen LogP contribution in [-0.2, 0) is 9.53 Å². The third kappa shape index (κ3) is 3.13. The topological polar surface area (TPSA) is 38.3 Å². The van der Waals surface area contributed by atoms with E-state index in [1.165, 1.54) is 24.8 Å². The molecule has 1 N–H and O–H groups in total. The predicted molar refractivity (Wildman–Crippen MR) is 83.1 cm³/mol. The summed E-state index contributed by atoms with van der Waals surface area (Å²) in [7, 11) is 1.68. The minimum Gasteiger partial charge on any atom is -0.384 e. The molecule has 21 heavy (non-hydrogen) atoms. The van der Waals surface area contributed by atoms with E-state index < -0.39 is 0 Å². The summed E-state index contributed by atoms with van der Waals surface area (Å²) in [5.74, 6) is 0.666. The second-order valence-electron chi connectivity index (χ2n) is 6.59. The van der Waals surface area contributed by atoms with Crippen LogP contribution in [0.5, 0.6) is 0 Å². The number of amides is 1. The highest BCUT2D eigenvalue weighted by Gasteiger charge is 2.50. The van der Waals surface area contributed by atoms with Crippen molar-refractivity contribution in [3.8, 4) is 0 Å². The Kier molecular flexibility index (Phi) is 4.29. The Labute approximate surface area is 127 Å². The van der Waals surface area contributed by atoms with Crippen molar-refractivity contribution in [2.24, 2.45) is 5.41 Å². The summed E-state index contributed by atoms with van der Waals surface area (Å²) in [6.45, 7) is 0.557. The van der Waals surface area contributed by atoms with E-state index in [0.29, 0.717) is 12.5 Å². The lowest BCUT2D eigenvalue weighted by Crippen LogP contribution is -2.45. The van der Waals surface area contributed by atoms with Crippen molar-refractivity contribution in [3.05, 3.63) is 35.9 Å². The quantitative estimate of drug-likeness (QED) is 0.902. The number of ether oxygens (including phenoxy) is 1. The van der Waals surface area contributed by atoms with Crippen LogP contribution in [0.25, 0.3) is 0 Å². The first-order valence-corrected chi connectivity index (χ1v) is 8.10. The lowest BCUT2D eigenvalue weighted by molar-refractivity contribution is -0.129. The Hall–Kier alpha value is -1.35. The average Bonchev–Trinajstić information content (AvgIpc) is 3.30. The van der Waals surface area contributed by atoms with E-state index in [1.54, 1.807) is 7.11 Å². The first kappa shape index (κ1) is 14.6. The third-order valence-corrected chi connectivity index (χ3v) is 5.07. The standard InChI is InChI=1S/C18H25NO2/c1-21-13-18(11-12-18)17(20)19-16-10-6-5-9-15(16)14-7-3-2-4-8-14/h2-4,7-8,15-16H,5-6,9-13H2,1H3,(H,19,20)/t15-,16+/m0/s1. The molecule has 114 valence electrons. The summed E-state index contributed by atoms with van der Waals surface area (Å²) in [6.07, 6.45) is 6.67. The van der Waals surface area contributed by atoms with Gasteiger partial charge in [0.05, 0.1) is 12.0 Å². The van der Waals surface area contributed by atoms with Gasteiger partial charge >= 0.3 is 0 Å². The maximum atomic E-state index is 12.6. The van der Waals surface area contributed by atoms with Gasteiger partial charge in [-0.3, -0.25) is 4.79 Å². The minimum atomic E-state index is -0.229. The van der Waals surface area contributed by atoms with Crippen molar-refractivity contribution in [1.82, 2.24) is 5.32 Å². The van der Waals surface area contributed by atoms with Crippen molar-refractivity contribution >= 4 is 5.91 Å². The Morgan fingerprint density at radius 3 is 2.62 bits per heavy atom. The molecule has 1 aromatic carbocycles. The molecule has 0 bridgehead atoms. The van der Waals surface area contributed by atoms with Crippen LogP contribution in [0.4, 0.5) is 0 Å². The Morgan fingerprint density at radius 1 is 1.24 bits per heavy atom. The molecule has 1 aromatic rings. The number of rotatable bonds is 5. The summed E-state index contributed by atoms with van der Waals surface area (Å²) in [4.78, 5) is 12.6. The van der Waals surface area contributed by atoms with Crippen LogP contribution in [0.2, 0.25) is 0 Å². The van der Waals surface area contributed by atoms with Gasteiger partial charge < -0.3 is 10.1 Å². The minimum absolute atomic E-state index is 0.206. The zero-order valence-electron chi connectivity index (χ0n) is 12.8. The predicted octanol–water partition coefficient (Wildman–Crippen LogP) is 3.26. The van der Waals surface area contributed by atoms with Gasteiger partial charge in [0.2, 0.25) is 5.91 Å². The second kappa shape index (κ2) is 6.18. The monoisotopic (exact) mass is 287 g/mol. The molecule has 1 amide bonds. The summed E-state index contributed by atoms with van der Waals surface area (Å²) >= 11 is 0. The van der Waals surface area contributed by atoms with Crippen molar-refractivity contribution in [3.63, 3.8) is 0 Å². The molecule has 0 aromatic heterocycles. The normalized spacial score (nSPS) is 27.1. The number of carbonyl (C=O) groups excluding carboxylic acids is 1. The first-order valence-electron chi connectivity index (χ1n) is 8.10. The van der Waals surface area contributed by atoms with Gasteiger partial charge in [0.25, 0.3) is 0 Å². The van der Waals surface area contributed by atoms with E-state index >= 15 is 0 Å². The van der Waals surface area contributed by atoms with Crippen LogP contribution in [-0.4, -0.2) is 25.7 Å². The van der Waals surface area contributed by atoms with Crippen molar-refractivity contribution in [2.45, 2.75) is 50.5 Å². The van der Waals surface area contributed by atoms with E-state index in [0.717, 1.165) is 19.3 Å². The zero-order valence-corrected chi connectivity index (χ0v) is 12.8. The van der Waals surface area contributed by atoms with Gasteiger partial charge in [-0.15, -0.1) is 0 Å². The summed E-state index contributed by atoms with van der Waals surface area (Å²) in [5.41, 5.74) is 1.13. The molecule has 3 rings (SSSR count). The maximum absolute atomic E-state index is 12.6. The molecular weight excluding hydrogens is 262 g/mol. The molecular formula is C18H25NO2. The molecule has 2 fully saturated rings. The highest BCUT2D eigenvalue weighted by Crippen LogP contribution is 2.46. The molecule has 0 saturated heterocycles. The smallest absolute Gasteiger partial charge is 0.228 e. The number of benzene rings is 1. The van der Waals surface area contributed by atoms with Crippen molar-refractivity contribution < 1.29 is 9.53 Å². The van der Waals surface area contributed by atoms with Gasteiger partial charge in [-0.05, 0) is 31.2 Å².